The van der Waals surface area contributed by atoms with Gasteiger partial charge in [-0.1, -0.05) is 0 Å². The van der Waals surface area contributed by atoms with Gasteiger partial charge in [-0.25, -0.2) is 4.79 Å². The molecule has 1 fully saturated rings. The second-order valence-electron chi connectivity index (χ2n) is 8.85. The standard InChI is InChI=1S/C21H29N3O6S/c1-21(2,3)30-20(28)24-9-5-6-12(10-24)19(27)29-11-15(25)23-18-16(17(22)26)13-7-4-8-14(13)31-18/h12H,4-11H2,1-3H3,(H2,22,26)(H,23,25). The zero-order valence-corrected chi connectivity index (χ0v) is 18.9. The molecule has 0 saturated carbocycles. The number of hydrogen-bond acceptors (Lipinski definition) is 7. The number of hydrogen-bond donors (Lipinski definition) is 2. The van der Waals surface area contributed by atoms with E-state index in [4.69, 9.17) is 15.2 Å². The maximum Gasteiger partial charge on any atom is 0.410 e. The van der Waals surface area contributed by atoms with E-state index >= 15 is 0 Å². The Morgan fingerprint density at radius 2 is 1.94 bits per heavy atom. The number of primary amides is 1. The molecule has 2 heterocycles. The van der Waals surface area contributed by atoms with Crippen molar-refractivity contribution in [3.8, 4) is 0 Å². The number of amides is 3. The molecule has 1 saturated heterocycles. The molecule has 1 atom stereocenters. The van der Waals surface area contributed by atoms with Crippen molar-refractivity contribution < 1.29 is 28.7 Å². The third kappa shape index (κ3) is 5.75. The minimum absolute atomic E-state index is 0.193. The molecule has 1 unspecified atom stereocenters. The molecule has 3 amide bonds. The summed E-state index contributed by atoms with van der Waals surface area (Å²) in [6, 6.07) is 0. The number of ether oxygens (including phenoxy) is 2. The van der Waals surface area contributed by atoms with Crippen LogP contribution in [0.5, 0.6) is 0 Å². The van der Waals surface area contributed by atoms with E-state index in [1.165, 1.54) is 16.2 Å². The van der Waals surface area contributed by atoms with Crippen molar-refractivity contribution in [2.75, 3.05) is 25.0 Å². The van der Waals surface area contributed by atoms with E-state index in [0.717, 1.165) is 29.7 Å². The zero-order chi connectivity index (χ0) is 22.8. The molecule has 2 aliphatic rings. The van der Waals surface area contributed by atoms with E-state index in [1.807, 2.05) is 0 Å². The molecule has 1 aromatic heterocycles. The van der Waals surface area contributed by atoms with Gasteiger partial charge in [0.2, 0.25) is 0 Å². The number of thiophene rings is 1. The van der Waals surface area contributed by atoms with Crippen molar-refractivity contribution in [3.63, 3.8) is 0 Å². The first-order valence-corrected chi connectivity index (χ1v) is 11.3. The highest BCUT2D eigenvalue weighted by Crippen LogP contribution is 2.38. The van der Waals surface area contributed by atoms with Crippen LogP contribution in [0.15, 0.2) is 0 Å². The summed E-state index contributed by atoms with van der Waals surface area (Å²) in [4.78, 5) is 51.4. The highest BCUT2D eigenvalue weighted by atomic mass is 32.1. The van der Waals surface area contributed by atoms with Crippen LogP contribution in [0.4, 0.5) is 9.80 Å². The first kappa shape index (κ1) is 23.1. The van der Waals surface area contributed by atoms with Gasteiger partial charge < -0.3 is 25.4 Å². The molecule has 31 heavy (non-hydrogen) atoms. The average molecular weight is 452 g/mol. The molecule has 0 spiro atoms. The smallest absolute Gasteiger partial charge is 0.410 e. The van der Waals surface area contributed by atoms with Crippen LogP contribution in [0, 0.1) is 5.92 Å². The first-order chi connectivity index (χ1) is 14.5. The lowest BCUT2D eigenvalue weighted by Crippen LogP contribution is -2.45. The number of nitrogens with zero attached hydrogens (tertiary/aromatic N) is 1. The molecule has 1 aromatic rings. The Morgan fingerprint density at radius 3 is 2.61 bits per heavy atom. The molecule has 0 radical (unpaired) electrons. The molecule has 1 aliphatic carbocycles. The lowest BCUT2D eigenvalue weighted by atomic mass is 9.98. The number of carbonyl (C=O) groups excluding carboxylic acids is 4. The van der Waals surface area contributed by atoms with Crippen LogP contribution in [0.1, 0.15) is 60.8 Å². The van der Waals surface area contributed by atoms with Crippen molar-refractivity contribution in [3.05, 3.63) is 16.0 Å². The molecule has 10 heteroatoms. The van der Waals surface area contributed by atoms with Gasteiger partial charge in [-0.2, -0.15) is 0 Å². The number of anilines is 1. The quantitative estimate of drug-likeness (QED) is 0.662. The largest absolute Gasteiger partial charge is 0.455 e. The fourth-order valence-electron chi connectivity index (χ4n) is 3.83. The fraction of sp³-hybridized carbons (Fsp3) is 0.619. The summed E-state index contributed by atoms with van der Waals surface area (Å²) in [6.45, 7) is 5.58. The Hall–Kier alpha value is -2.62. The molecule has 9 nitrogen and oxygen atoms in total. The Balaban J connectivity index is 1.52. The summed E-state index contributed by atoms with van der Waals surface area (Å²) < 4.78 is 10.5. The van der Waals surface area contributed by atoms with Gasteiger partial charge in [0.05, 0.1) is 11.5 Å². The lowest BCUT2D eigenvalue weighted by molar-refractivity contribution is -0.153. The molecule has 3 rings (SSSR count). The van der Waals surface area contributed by atoms with Crippen molar-refractivity contribution in [1.29, 1.82) is 0 Å². The van der Waals surface area contributed by atoms with Gasteiger partial charge in [-0.3, -0.25) is 14.4 Å². The topological polar surface area (TPSA) is 128 Å². The van der Waals surface area contributed by atoms with E-state index in [2.05, 4.69) is 5.32 Å². The number of likely N-dealkylation sites (tertiary alicyclic amines) is 1. The molecule has 0 aromatic carbocycles. The Bertz CT molecular complexity index is 888. The number of piperidine rings is 1. The molecule has 1 aliphatic heterocycles. The summed E-state index contributed by atoms with van der Waals surface area (Å²) in [7, 11) is 0. The van der Waals surface area contributed by atoms with Gasteiger partial charge in [-0.05, 0) is 58.4 Å². The normalized spacial score (nSPS) is 18.3. The summed E-state index contributed by atoms with van der Waals surface area (Å²) >= 11 is 1.34. The van der Waals surface area contributed by atoms with Gasteiger partial charge in [0, 0.05) is 18.0 Å². The second-order valence-corrected chi connectivity index (χ2v) is 9.95. The van der Waals surface area contributed by atoms with Gasteiger partial charge >= 0.3 is 12.1 Å². The van der Waals surface area contributed by atoms with E-state index in [1.54, 1.807) is 20.8 Å². The molecule has 3 N–H and O–H groups in total. The highest BCUT2D eigenvalue weighted by Gasteiger charge is 2.32. The van der Waals surface area contributed by atoms with Crippen molar-refractivity contribution >= 4 is 40.2 Å². The Morgan fingerprint density at radius 1 is 1.19 bits per heavy atom. The number of esters is 1. The van der Waals surface area contributed by atoms with E-state index in [0.29, 0.717) is 30.0 Å². The average Bonchev–Trinajstić information content (AvgIpc) is 3.25. The number of nitrogens with two attached hydrogens (primary N) is 1. The van der Waals surface area contributed by atoms with Crippen LogP contribution in [-0.2, 0) is 31.9 Å². The van der Waals surface area contributed by atoms with E-state index in [-0.39, 0.29) is 6.54 Å². The van der Waals surface area contributed by atoms with Crippen molar-refractivity contribution in [2.24, 2.45) is 11.7 Å². The van der Waals surface area contributed by atoms with Crippen LogP contribution in [0.2, 0.25) is 0 Å². The predicted molar refractivity (Wildman–Crippen MR) is 115 cm³/mol. The number of rotatable bonds is 5. The van der Waals surface area contributed by atoms with Crippen LogP contribution in [0.25, 0.3) is 0 Å². The van der Waals surface area contributed by atoms with Gasteiger partial charge in [0.25, 0.3) is 11.8 Å². The van der Waals surface area contributed by atoms with Crippen LogP contribution < -0.4 is 11.1 Å². The maximum absolute atomic E-state index is 12.4. The monoisotopic (exact) mass is 451 g/mol. The van der Waals surface area contributed by atoms with E-state index < -0.39 is 42.0 Å². The molecular formula is C21H29N3O6S. The minimum Gasteiger partial charge on any atom is -0.455 e. The van der Waals surface area contributed by atoms with Crippen LogP contribution in [-0.4, -0.2) is 54.1 Å². The van der Waals surface area contributed by atoms with Gasteiger partial charge in [0.15, 0.2) is 6.61 Å². The second kappa shape index (κ2) is 9.25. The summed E-state index contributed by atoms with van der Waals surface area (Å²) in [6.07, 6.45) is 3.35. The van der Waals surface area contributed by atoms with Crippen molar-refractivity contribution in [1.82, 2.24) is 4.90 Å². The maximum atomic E-state index is 12.4. The lowest BCUT2D eigenvalue weighted by Gasteiger charge is -2.33. The summed E-state index contributed by atoms with van der Waals surface area (Å²) in [5, 5.41) is 3.06. The van der Waals surface area contributed by atoms with Crippen LogP contribution in [0.3, 0.4) is 0 Å². The number of nitrogens with one attached hydrogen (secondary N) is 1. The summed E-state index contributed by atoms with van der Waals surface area (Å²) in [5.41, 5.74) is 6.15. The minimum atomic E-state index is -0.617. The van der Waals surface area contributed by atoms with Crippen LogP contribution >= 0.6 is 11.3 Å². The molecule has 170 valence electrons. The third-order valence-electron chi connectivity index (χ3n) is 5.17. The van der Waals surface area contributed by atoms with Gasteiger partial charge in [-0.15, -0.1) is 11.3 Å². The van der Waals surface area contributed by atoms with Gasteiger partial charge in [0.1, 0.15) is 10.6 Å². The SMILES string of the molecule is CC(C)(C)OC(=O)N1CCCC(C(=O)OCC(=O)Nc2sc3c(c2C(N)=O)CCC3)C1. The van der Waals surface area contributed by atoms with Crippen molar-refractivity contribution in [2.45, 2.75) is 58.5 Å². The Labute approximate surface area is 185 Å². The third-order valence-corrected chi connectivity index (χ3v) is 6.38. The zero-order valence-electron chi connectivity index (χ0n) is 18.1. The predicted octanol–water partition coefficient (Wildman–Crippen LogP) is 2.46. The Kier molecular flexibility index (Phi) is 6.88. The molecule has 0 bridgehead atoms. The van der Waals surface area contributed by atoms with E-state index in [9.17, 15) is 19.2 Å². The number of fused-ring (bicyclic) bond motifs is 1. The fourth-order valence-corrected chi connectivity index (χ4v) is 5.14. The first-order valence-electron chi connectivity index (χ1n) is 10.4. The summed E-state index contributed by atoms with van der Waals surface area (Å²) in [5.74, 6) is -2.15. The molecular weight excluding hydrogens is 422 g/mol. The number of carbonyl (C=O) groups is 4. The number of aryl methyl sites for hydroxylation is 1. The highest BCUT2D eigenvalue weighted by molar-refractivity contribution is 7.17.